The van der Waals surface area contributed by atoms with Crippen molar-refractivity contribution in [2.24, 2.45) is 5.73 Å². The van der Waals surface area contributed by atoms with Gasteiger partial charge in [-0.15, -0.1) is 0 Å². The quantitative estimate of drug-likeness (QED) is 0.740. The molecular weight excluding hydrogens is 196 g/mol. The van der Waals surface area contributed by atoms with Crippen molar-refractivity contribution in [1.82, 2.24) is 4.98 Å². The van der Waals surface area contributed by atoms with E-state index in [1.165, 1.54) is 0 Å². The number of H-pyrrole nitrogens is 1. The van der Waals surface area contributed by atoms with Crippen molar-refractivity contribution in [1.29, 1.82) is 0 Å². The third kappa shape index (κ3) is 3.02. The summed E-state index contributed by atoms with van der Waals surface area (Å²) in [4.78, 5) is 3.13. The Balaban J connectivity index is 2.89. The minimum atomic E-state index is 0.560. The highest BCUT2D eigenvalue weighted by molar-refractivity contribution is 5.74. The van der Waals surface area contributed by atoms with Crippen LogP contribution in [0.15, 0.2) is 49.2 Å². The molecule has 0 saturated heterocycles. The summed E-state index contributed by atoms with van der Waals surface area (Å²) in [6.45, 7) is 11.7. The number of nitrogens with two attached hydrogens (primary N) is 1. The fourth-order valence-electron chi connectivity index (χ4n) is 1.43. The summed E-state index contributed by atoms with van der Waals surface area (Å²) in [7, 11) is 0. The van der Waals surface area contributed by atoms with E-state index >= 15 is 0 Å². The Morgan fingerprint density at radius 1 is 1.44 bits per heavy atom. The second-order valence-electron chi connectivity index (χ2n) is 3.74. The molecular formula is C14H18N2. The van der Waals surface area contributed by atoms with Gasteiger partial charge in [0.05, 0.1) is 0 Å². The van der Waals surface area contributed by atoms with Crippen LogP contribution in [0.5, 0.6) is 0 Å². The maximum atomic E-state index is 5.61. The maximum absolute atomic E-state index is 5.61. The largest absolute Gasteiger partial charge is 0.399 e. The molecule has 2 nitrogen and oxygen atoms in total. The summed E-state index contributed by atoms with van der Waals surface area (Å²) >= 11 is 0. The standard InChI is InChI=1S/C14H18N2/c1-5-6-10(2)7-11(3)14-8-13(9-16-14)12(4)15/h5-9,16H,3-4,15H2,1-2H3/b6-5-,10-7-. The molecule has 3 N–H and O–H groups in total. The van der Waals surface area contributed by atoms with Crippen LogP contribution in [0.3, 0.4) is 0 Å². The van der Waals surface area contributed by atoms with E-state index in [1.807, 2.05) is 44.3 Å². The third-order valence-electron chi connectivity index (χ3n) is 2.23. The highest BCUT2D eigenvalue weighted by Gasteiger charge is 2.01. The summed E-state index contributed by atoms with van der Waals surface area (Å²) < 4.78 is 0. The average molecular weight is 214 g/mol. The van der Waals surface area contributed by atoms with Crippen LogP contribution in [0, 0.1) is 0 Å². The second kappa shape index (κ2) is 5.21. The van der Waals surface area contributed by atoms with E-state index in [4.69, 9.17) is 5.73 Å². The lowest BCUT2D eigenvalue weighted by Crippen LogP contribution is -1.90. The number of hydrogen-bond acceptors (Lipinski definition) is 1. The van der Waals surface area contributed by atoms with E-state index in [0.717, 1.165) is 22.4 Å². The lowest BCUT2D eigenvalue weighted by molar-refractivity contribution is 1.35. The van der Waals surface area contributed by atoms with Crippen molar-refractivity contribution >= 4 is 11.3 Å². The number of aromatic nitrogens is 1. The highest BCUT2D eigenvalue weighted by atomic mass is 14.7. The van der Waals surface area contributed by atoms with Gasteiger partial charge in [-0.2, -0.15) is 0 Å². The molecule has 0 aliphatic heterocycles. The SMILES string of the molecule is C=C(N)c1c[nH]c(C(=C)/C=C(C)\C=C/C)c1. The first kappa shape index (κ1) is 12.1. The summed E-state index contributed by atoms with van der Waals surface area (Å²) in [6, 6.07) is 1.95. The van der Waals surface area contributed by atoms with Gasteiger partial charge in [-0.1, -0.05) is 37.0 Å². The zero-order valence-electron chi connectivity index (χ0n) is 9.88. The Kier molecular flexibility index (Phi) is 3.95. The van der Waals surface area contributed by atoms with Crippen LogP contribution in [0.4, 0.5) is 0 Å². The van der Waals surface area contributed by atoms with Gasteiger partial charge in [0, 0.05) is 23.2 Å². The Bertz CT molecular complexity index is 459. The lowest BCUT2D eigenvalue weighted by atomic mass is 10.1. The minimum Gasteiger partial charge on any atom is -0.399 e. The van der Waals surface area contributed by atoms with Crippen molar-refractivity contribution in [3.63, 3.8) is 0 Å². The number of hydrogen-bond donors (Lipinski definition) is 2. The van der Waals surface area contributed by atoms with Crippen LogP contribution in [-0.2, 0) is 0 Å². The average Bonchev–Trinajstić information content (AvgIpc) is 2.66. The molecule has 0 amide bonds. The van der Waals surface area contributed by atoms with E-state index in [-0.39, 0.29) is 0 Å². The van der Waals surface area contributed by atoms with Crippen LogP contribution in [0.2, 0.25) is 0 Å². The number of aromatic amines is 1. The molecule has 0 aromatic carbocycles. The normalized spacial score (nSPS) is 12.0. The van der Waals surface area contributed by atoms with E-state index in [2.05, 4.69) is 18.1 Å². The summed E-state index contributed by atoms with van der Waals surface area (Å²) in [5.74, 6) is 0. The predicted octanol–water partition coefficient (Wildman–Crippen LogP) is 3.48. The zero-order valence-corrected chi connectivity index (χ0v) is 9.88. The Morgan fingerprint density at radius 2 is 2.12 bits per heavy atom. The van der Waals surface area contributed by atoms with E-state index in [1.54, 1.807) is 0 Å². The summed E-state index contributed by atoms with van der Waals surface area (Å²) in [6.07, 6.45) is 7.90. The molecule has 0 aliphatic carbocycles. The molecule has 1 aromatic heterocycles. The molecule has 0 spiro atoms. The minimum absolute atomic E-state index is 0.560. The highest BCUT2D eigenvalue weighted by Crippen LogP contribution is 2.18. The van der Waals surface area contributed by atoms with Crippen molar-refractivity contribution in [2.75, 3.05) is 0 Å². The van der Waals surface area contributed by atoms with Gasteiger partial charge in [0.1, 0.15) is 0 Å². The molecule has 1 rings (SSSR count). The van der Waals surface area contributed by atoms with Gasteiger partial charge >= 0.3 is 0 Å². The van der Waals surface area contributed by atoms with Crippen molar-refractivity contribution in [2.45, 2.75) is 13.8 Å². The molecule has 0 bridgehead atoms. The van der Waals surface area contributed by atoms with Gasteiger partial charge in [0.25, 0.3) is 0 Å². The van der Waals surface area contributed by atoms with Crippen LogP contribution < -0.4 is 5.73 Å². The Hall–Kier alpha value is -1.96. The Labute approximate surface area is 96.9 Å². The number of allylic oxidation sites excluding steroid dienone is 5. The first-order valence-corrected chi connectivity index (χ1v) is 5.18. The molecule has 0 saturated carbocycles. The van der Waals surface area contributed by atoms with Crippen molar-refractivity contribution < 1.29 is 0 Å². The molecule has 1 aromatic rings. The summed E-state index contributed by atoms with van der Waals surface area (Å²) in [5.41, 5.74) is 10.1. The smallest absolute Gasteiger partial charge is 0.0454 e. The van der Waals surface area contributed by atoms with Crippen molar-refractivity contribution in [3.8, 4) is 0 Å². The van der Waals surface area contributed by atoms with Gasteiger partial charge in [-0.05, 0) is 25.5 Å². The molecule has 0 atom stereocenters. The Morgan fingerprint density at radius 3 is 2.62 bits per heavy atom. The van der Waals surface area contributed by atoms with E-state index in [9.17, 15) is 0 Å². The molecule has 16 heavy (non-hydrogen) atoms. The third-order valence-corrected chi connectivity index (χ3v) is 2.23. The van der Waals surface area contributed by atoms with Crippen LogP contribution in [0.25, 0.3) is 11.3 Å². The number of nitrogens with one attached hydrogen (secondary N) is 1. The van der Waals surface area contributed by atoms with E-state index < -0.39 is 0 Å². The topological polar surface area (TPSA) is 41.8 Å². The van der Waals surface area contributed by atoms with Gasteiger partial charge in [-0.3, -0.25) is 0 Å². The van der Waals surface area contributed by atoms with Crippen molar-refractivity contribution in [3.05, 3.63) is 60.5 Å². The fraction of sp³-hybridized carbons (Fsp3) is 0.143. The molecule has 0 radical (unpaired) electrons. The first-order valence-electron chi connectivity index (χ1n) is 5.18. The molecule has 0 fully saturated rings. The zero-order chi connectivity index (χ0) is 12.1. The van der Waals surface area contributed by atoms with Gasteiger partial charge in [0.2, 0.25) is 0 Å². The molecule has 84 valence electrons. The molecule has 1 heterocycles. The van der Waals surface area contributed by atoms with Crippen LogP contribution >= 0.6 is 0 Å². The monoisotopic (exact) mass is 214 g/mol. The van der Waals surface area contributed by atoms with E-state index in [0.29, 0.717) is 5.70 Å². The summed E-state index contributed by atoms with van der Waals surface area (Å²) in [5, 5.41) is 0. The molecule has 0 aliphatic rings. The molecule has 0 unspecified atom stereocenters. The predicted molar refractivity (Wildman–Crippen MR) is 71.6 cm³/mol. The van der Waals surface area contributed by atoms with Gasteiger partial charge in [0.15, 0.2) is 0 Å². The lowest BCUT2D eigenvalue weighted by Gasteiger charge is -1.97. The maximum Gasteiger partial charge on any atom is 0.0454 e. The number of rotatable bonds is 4. The van der Waals surface area contributed by atoms with Gasteiger partial charge < -0.3 is 10.7 Å². The van der Waals surface area contributed by atoms with Gasteiger partial charge in [-0.25, -0.2) is 0 Å². The van der Waals surface area contributed by atoms with Crippen LogP contribution in [-0.4, -0.2) is 4.98 Å². The molecule has 2 heteroatoms. The second-order valence-corrected chi connectivity index (χ2v) is 3.74. The fourth-order valence-corrected chi connectivity index (χ4v) is 1.43. The van der Waals surface area contributed by atoms with Crippen LogP contribution in [0.1, 0.15) is 25.1 Å². The first-order chi connectivity index (χ1) is 7.54.